The number of rotatable bonds is 5. The molecule has 3 aromatic rings. The SMILES string of the molecule is CCOc1ccccc1NC(=O)c1ccc(-c2cccc(C(F)(F)F)c2)o1. The monoisotopic (exact) mass is 375 g/mol. The fourth-order valence-electron chi connectivity index (χ4n) is 2.50. The highest BCUT2D eigenvalue weighted by atomic mass is 19.4. The lowest BCUT2D eigenvalue weighted by molar-refractivity contribution is -0.137. The van der Waals surface area contributed by atoms with Crippen molar-refractivity contribution in [1.29, 1.82) is 0 Å². The fourth-order valence-corrected chi connectivity index (χ4v) is 2.50. The Kier molecular flexibility index (Phi) is 5.21. The van der Waals surface area contributed by atoms with Gasteiger partial charge in [0.1, 0.15) is 11.5 Å². The molecule has 2 aromatic carbocycles. The van der Waals surface area contributed by atoms with Gasteiger partial charge in [0.25, 0.3) is 5.91 Å². The summed E-state index contributed by atoms with van der Waals surface area (Å²) in [5.41, 5.74) is -0.0759. The van der Waals surface area contributed by atoms with Gasteiger partial charge in [0.2, 0.25) is 0 Å². The van der Waals surface area contributed by atoms with Crippen LogP contribution < -0.4 is 10.1 Å². The van der Waals surface area contributed by atoms with Crippen molar-refractivity contribution in [3.8, 4) is 17.1 Å². The summed E-state index contributed by atoms with van der Waals surface area (Å²) >= 11 is 0. The molecule has 140 valence electrons. The molecule has 7 heteroatoms. The molecule has 1 heterocycles. The van der Waals surface area contributed by atoms with Crippen molar-refractivity contribution in [3.63, 3.8) is 0 Å². The van der Waals surface area contributed by atoms with E-state index in [-0.39, 0.29) is 17.1 Å². The van der Waals surface area contributed by atoms with Crippen LogP contribution in [0.1, 0.15) is 23.0 Å². The van der Waals surface area contributed by atoms with E-state index >= 15 is 0 Å². The number of para-hydroxylation sites is 2. The van der Waals surface area contributed by atoms with Crippen LogP contribution in [0.15, 0.2) is 65.1 Å². The largest absolute Gasteiger partial charge is 0.492 e. The predicted molar refractivity (Wildman–Crippen MR) is 94.7 cm³/mol. The van der Waals surface area contributed by atoms with E-state index in [0.29, 0.717) is 18.0 Å². The zero-order valence-corrected chi connectivity index (χ0v) is 14.3. The second kappa shape index (κ2) is 7.57. The summed E-state index contributed by atoms with van der Waals surface area (Å²) in [5.74, 6) is 0.136. The molecule has 0 saturated heterocycles. The first kappa shape index (κ1) is 18.6. The minimum Gasteiger partial charge on any atom is -0.492 e. The molecule has 0 aliphatic rings. The van der Waals surface area contributed by atoms with Crippen LogP contribution in [0, 0.1) is 0 Å². The molecule has 0 spiro atoms. The third-order valence-electron chi connectivity index (χ3n) is 3.74. The molecular formula is C20H16F3NO3. The van der Waals surface area contributed by atoms with Crippen molar-refractivity contribution in [2.75, 3.05) is 11.9 Å². The van der Waals surface area contributed by atoms with Crippen LogP contribution >= 0.6 is 0 Å². The molecule has 0 unspecified atom stereocenters. The van der Waals surface area contributed by atoms with Gasteiger partial charge in [-0.05, 0) is 43.3 Å². The second-order valence-electron chi connectivity index (χ2n) is 5.63. The molecule has 3 rings (SSSR count). The van der Waals surface area contributed by atoms with Crippen LogP contribution in [0.25, 0.3) is 11.3 Å². The number of hydrogen-bond acceptors (Lipinski definition) is 3. The normalized spacial score (nSPS) is 11.3. The maximum atomic E-state index is 12.9. The van der Waals surface area contributed by atoms with Crippen molar-refractivity contribution in [2.45, 2.75) is 13.1 Å². The molecule has 1 amide bonds. The van der Waals surface area contributed by atoms with Crippen LogP contribution in [0.2, 0.25) is 0 Å². The van der Waals surface area contributed by atoms with Gasteiger partial charge in [0.15, 0.2) is 5.76 Å². The van der Waals surface area contributed by atoms with Crippen molar-refractivity contribution >= 4 is 11.6 Å². The quantitative estimate of drug-likeness (QED) is 0.630. The molecule has 1 aromatic heterocycles. The average molecular weight is 375 g/mol. The Morgan fingerprint density at radius 1 is 1.07 bits per heavy atom. The fraction of sp³-hybridized carbons (Fsp3) is 0.150. The average Bonchev–Trinajstić information content (AvgIpc) is 3.13. The van der Waals surface area contributed by atoms with Crippen molar-refractivity contribution < 1.29 is 27.1 Å². The van der Waals surface area contributed by atoms with Gasteiger partial charge < -0.3 is 14.5 Å². The summed E-state index contributed by atoms with van der Waals surface area (Å²) in [6.45, 7) is 2.26. The van der Waals surface area contributed by atoms with E-state index in [4.69, 9.17) is 9.15 Å². The molecule has 0 radical (unpaired) electrons. The number of anilines is 1. The standard InChI is InChI=1S/C20H16F3NO3/c1-2-26-17-9-4-3-8-15(17)24-19(25)18-11-10-16(27-18)13-6-5-7-14(12-13)20(21,22)23/h3-12H,2H2,1H3,(H,24,25). The van der Waals surface area contributed by atoms with Gasteiger partial charge in [-0.1, -0.05) is 24.3 Å². The van der Waals surface area contributed by atoms with Gasteiger partial charge in [0, 0.05) is 5.56 Å². The third kappa shape index (κ3) is 4.31. The first-order valence-electron chi connectivity index (χ1n) is 8.19. The highest BCUT2D eigenvalue weighted by Gasteiger charge is 2.30. The minimum atomic E-state index is -4.45. The van der Waals surface area contributed by atoms with Crippen LogP contribution in [-0.2, 0) is 6.18 Å². The summed E-state index contributed by atoms with van der Waals surface area (Å²) in [6.07, 6.45) is -4.45. The van der Waals surface area contributed by atoms with E-state index < -0.39 is 17.6 Å². The van der Waals surface area contributed by atoms with Gasteiger partial charge in [-0.25, -0.2) is 0 Å². The van der Waals surface area contributed by atoms with E-state index in [1.807, 2.05) is 6.92 Å². The van der Waals surface area contributed by atoms with Gasteiger partial charge in [-0.2, -0.15) is 13.2 Å². The number of nitrogens with one attached hydrogen (secondary N) is 1. The maximum Gasteiger partial charge on any atom is 0.416 e. The minimum absolute atomic E-state index is 0.0197. The Morgan fingerprint density at radius 3 is 2.59 bits per heavy atom. The predicted octanol–water partition coefficient (Wildman–Crippen LogP) is 5.62. The molecule has 27 heavy (non-hydrogen) atoms. The Morgan fingerprint density at radius 2 is 1.85 bits per heavy atom. The van der Waals surface area contributed by atoms with Crippen LogP contribution in [-0.4, -0.2) is 12.5 Å². The molecule has 0 fully saturated rings. The lowest BCUT2D eigenvalue weighted by Crippen LogP contribution is -2.12. The summed E-state index contributed by atoms with van der Waals surface area (Å²) in [4.78, 5) is 12.4. The molecule has 0 saturated carbocycles. The van der Waals surface area contributed by atoms with Crippen molar-refractivity contribution in [1.82, 2.24) is 0 Å². The summed E-state index contributed by atoms with van der Waals surface area (Å²) in [5, 5.41) is 2.67. The molecule has 0 aliphatic heterocycles. The molecule has 0 bridgehead atoms. The zero-order valence-electron chi connectivity index (χ0n) is 14.3. The van der Waals surface area contributed by atoms with Gasteiger partial charge in [0.05, 0.1) is 17.9 Å². The first-order valence-corrected chi connectivity index (χ1v) is 8.19. The lowest BCUT2D eigenvalue weighted by Gasteiger charge is -2.10. The topological polar surface area (TPSA) is 51.5 Å². The Labute approximate surface area is 153 Å². The third-order valence-corrected chi connectivity index (χ3v) is 3.74. The summed E-state index contributed by atoms with van der Waals surface area (Å²) < 4.78 is 49.5. The van der Waals surface area contributed by atoms with E-state index in [2.05, 4.69) is 5.32 Å². The smallest absolute Gasteiger partial charge is 0.416 e. The van der Waals surface area contributed by atoms with Gasteiger partial charge in [-0.3, -0.25) is 4.79 Å². The summed E-state index contributed by atoms with van der Waals surface area (Å²) in [6, 6.07) is 14.5. The van der Waals surface area contributed by atoms with Crippen molar-refractivity contribution in [3.05, 3.63) is 72.0 Å². The maximum absolute atomic E-state index is 12.9. The summed E-state index contributed by atoms with van der Waals surface area (Å²) in [7, 11) is 0. The number of alkyl halides is 3. The van der Waals surface area contributed by atoms with E-state index in [1.54, 1.807) is 24.3 Å². The van der Waals surface area contributed by atoms with Crippen molar-refractivity contribution in [2.24, 2.45) is 0 Å². The Balaban J connectivity index is 1.81. The number of ether oxygens (including phenoxy) is 1. The number of halogens is 3. The van der Waals surface area contributed by atoms with Crippen LogP contribution in [0.4, 0.5) is 18.9 Å². The number of furan rings is 1. The highest BCUT2D eigenvalue weighted by molar-refractivity contribution is 6.03. The number of hydrogen-bond donors (Lipinski definition) is 1. The molecule has 0 aliphatic carbocycles. The molecular weight excluding hydrogens is 359 g/mol. The number of carbonyl (C=O) groups is 1. The zero-order chi connectivity index (χ0) is 19.4. The Hall–Kier alpha value is -3.22. The number of amides is 1. The van der Waals surface area contributed by atoms with E-state index in [9.17, 15) is 18.0 Å². The van der Waals surface area contributed by atoms with Gasteiger partial charge >= 0.3 is 6.18 Å². The molecule has 1 N–H and O–H groups in total. The Bertz CT molecular complexity index is 947. The lowest BCUT2D eigenvalue weighted by atomic mass is 10.1. The molecule has 4 nitrogen and oxygen atoms in total. The van der Waals surface area contributed by atoms with E-state index in [1.165, 1.54) is 24.3 Å². The number of carbonyl (C=O) groups excluding carboxylic acids is 1. The molecule has 0 atom stereocenters. The van der Waals surface area contributed by atoms with E-state index in [0.717, 1.165) is 12.1 Å². The van der Waals surface area contributed by atoms with Gasteiger partial charge in [-0.15, -0.1) is 0 Å². The number of benzene rings is 2. The van der Waals surface area contributed by atoms with Crippen LogP contribution in [0.5, 0.6) is 5.75 Å². The second-order valence-corrected chi connectivity index (χ2v) is 5.63. The van der Waals surface area contributed by atoms with Crippen LogP contribution in [0.3, 0.4) is 0 Å². The first-order chi connectivity index (χ1) is 12.9. The highest BCUT2D eigenvalue weighted by Crippen LogP contribution is 2.33.